The summed E-state index contributed by atoms with van der Waals surface area (Å²) in [5, 5.41) is 12.8. The fraction of sp³-hybridized carbons (Fsp3) is 0.562. The minimum absolute atomic E-state index is 0.0386. The molecule has 1 amide bonds. The van der Waals surface area contributed by atoms with Crippen molar-refractivity contribution in [2.75, 3.05) is 20.3 Å². The van der Waals surface area contributed by atoms with Crippen LogP contribution < -0.4 is 5.32 Å². The standard InChI is InChI=1S/C16H25NO3/c1-13-4-6-14(7-5-13)8-9-15(18)17-12-16(2,19)10-11-20-3/h4-7,19H,8-12H2,1-3H3,(H,17,18). The number of nitrogens with one attached hydrogen (secondary N) is 1. The molecule has 20 heavy (non-hydrogen) atoms. The van der Waals surface area contributed by atoms with Crippen LogP contribution in [0.15, 0.2) is 24.3 Å². The summed E-state index contributed by atoms with van der Waals surface area (Å²) >= 11 is 0. The van der Waals surface area contributed by atoms with Gasteiger partial charge in [-0.15, -0.1) is 0 Å². The van der Waals surface area contributed by atoms with Crippen LogP contribution in [0.4, 0.5) is 0 Å². The van der Waals surface area contributed by atoms with Gasteiger partial charge >= 0.3 is 0 Å². The molecule has 0 heterocycles. The van der Waals surface area contributed by atoms with E-state index in [1.54, 1.807) is 14.0 Å². The summed E-state index contributed by atoms with van der Waals surface area (Å²) in [6.45, 7) is 4.47. The Labute approximate surface area is 121 Å². The number of rotatable bonds is 8. The molecule has 0 aliphatic rings. The van der Waals surface area contributed by atoms with Crippen LogP contribution >= 0.6 is 0 Å². The number of carbonyl (C=O) groups excluding carboxylic acids is 1. The van der Waals surface area contributed by atoms with Gasteiger partial charge in [0.15, 0.2) is 0 Å². The van der Waals surface area contributed by atoms with Gasteiger partial charge in [-0.25, -0.2) is 0 Å². The van der Waals surface area contributed by atoms with Gasteiger partial charge in [0.1, 0.15) is 0 Å². The average Bonchev–Trinajstić information content (AvgIpc) is 2.42. The lowest BCUT2D eigenvalue weighted by atomic mass is 10.0. The van der Waals surface area contributed by atoms with Crippen molar-refractivity contribution < 1.29 is 14.6 Å². The van der Waals surface area contributed by atoms with E-state index in [4.69, 9.17) is 4.74 Å². The van der Waals surface area contributed by atoms with Crippen molar-refractivity contribution >= 4 is 5.91 Å². The highest BCUT2D eigenvalue weighted by Crippen LogP contribution is 2.08. The Kier molecular flexibility index (Phi) is 6.68. The fourth-order valence-electron chi connectivity index (χ4n) is 1.80. The van der Waals surface area contributed by atoms with E-state index in [1.165, 1.54) is 5.56 Å². The lowest BCUT2D eigenvalue weighted by molar-refractivity contribution is -0.122. The second-order valence-electron chi connectivity index (χ2n) is 5.50. The van der Waals surface area contributed by atoms with Gasteiger partial charge in [0.05, 0.1) is 5.60 Å². The summed E-state index contributed by atoms with van der Waals surface area (Å²) in [4.78, 5) is 11.8. The van der Waals surface area contributed by atoms with Crippen LogP contribution in [-0.2, 0) is 16.0 Å². The molecule has 4 heteroatoms. The van der Waals surface area contributed by atoms with E-state index in [2.05, 4.69) is 5.32 Å². The molecule has 2 N–H and O–H groups in total. The molecule has 1 aromatic carbocycles. The predicted molar refractivity (Wildman–Crippen MR) is 79.6 cm³/mol. The van der Waals surface area contributed by atoms with E-state index in [1.807, 2.05) is 31.2 Å². The van der Waals surface area contributed by atoms with E-state index in [0.717, 1.165) is 5.56 Å². The van der Waals surface area contributed by atoms with E-state index in [0.29, 0.717) is 25.9 Å². The summed E-state index contributed by atoms with van der Waals surface area (Å²) in [5.41, 5.74) is 1.44. The summed E-state index contributed by atoms with van der Waals surface area (Å²) in [6, 6.07) is 8.17. The van der Waals surface area contributed by atoms with Crippen LogP contribution in [0.5, 0.6) is 0 Å². The van der Waals surface area contributed by atoms with Crippen LogP contribution in [0.1, 0.15) is 30.9 Å². The Morgan fingerprint density at radius 1 is 1.35 bits per heavy atom. The molecule has 0 fully saturated rings. The Morgan fingerprint density at radius 3 is 2.60 bits per heavy atom. The smallest absolute Gasteiger partial charge is 0.220 e. The summed E-state index contributed by atoms with van der Waals surface area (Å²) < 4.78 is 4.93. The third-order valence-electron chi connectivity index (χ3n) is 3.27. The predicted octanol–water partition coefficient (Wildman–Crippen LogP) is 1.83. The zero-order chi connectivity index (χ0) is 15.0. The van der Waals surface area contributed by atoms with Gasteiger partial charge in [-0.05, 0) is 25.8 Å². The lowest BCUT2D eigenvalue weighted by Gasteiger charge is -2.23. The number of hydrogen-bond acceptors (Lipinski definition) is 3. The normalized spacial score (nSPS) is 13.8. The van der Waals surface area contributed by atoms with Crippen LogP contribution in [0.25, 0.3) is 0 Å². The molecule has 0 aromatic heterocycles. The molecular weight excluding hydrogens is 254 g/mol. The number of aryl methyl sites for hydroxylation is 2. The van der Waals surface area contributed by atoms with Crippen molar-refractivity contribution in [1.29, 1.82) is 0 Å². The third-order valence-corrected chi connectivity index (χ3v) is 3.27. The number of hydrogen-bond donors (Lipinski definition) is 2. The number of methoxy groups -OCH3 is 1. The zero-order valence-corrected chi connectivity index (χ0v) is 12.6. The van der Waals surface area contributed by atoms with E-state index < -0.39 is 5.60 Å². The minimum atomic E-state index is -0.921. The van der Waals surface area contributed by atoms with Crippen LogP contribution in [0.3, 0.4) is 0 Å². The van der Waals surface area contributed by atoms with Crippen molar-refractivity contribution in [1.82, 2.24) is 5.32 Å². The van der Waals surface area contributed by atoms with E-state index in [9.17, 15) is 9.90 Å². The first kappa shape index (κ1) is 16.7. The van der Waals surface area contributed by atoms with Gasteiger partial charge in [-0.2, -0.15) is 0 Å². The van der Waals surface area contributed by atoms with E-state index >= 15 is 0 Å². The molecule has 0 spiro atoms. The summed E-state index contributed by atoms with van der Waals surface area (Å²) in [7, 11) is 1.59. The topological polar surface area (TPSA) is 58.6 Å². The lowest BCUT2D eigenvalue weighted by Crippen LogP contribution is -2.41. The Balaban J connectivity index is 2.28. The van der Waals surface area contributed by atoms with Gasteiger partial charge in [0, 0.05) is 33.1 Å². The molecule has 0 saturated heterocycles. The summed E-state index contributed by atoms with van der Waals surface area (Å²) in [6.07, 6.45) is 1.65. The molecule has 112 valence electrons. The number of ether oxygens (including phenoxy) is 1. The van der Waals surface area contributed by atoms with Crippen LogP contribution in [-0.4, -0.2) is 36.9 Å². The van der Waals surface area contributed by atoms with Crippen molar-refractivity contribution in [3.63, 3.8) is 0 Å². The Hall–Kier alpha value is -1.39. The minimum Gasteiger partial charge on any atom is -0.388 e. The quantitative estimate of drug-likeness (QED) is 0.763. The molecule has 0 aliphatic heterocycles. The highest BCUT2D eigenvalue weighted by Gasteiger charge is 2.20. The highest BCUT2D eigenvalue weighted by molar-refractivity contribution is 5.76. The molecule has 1 rings (SSSR count). The Bertz CT molecular complexity index is 412. The molecule has 1 unspecified atom stereocenters. The number of amides is 1. The third kappa shape index (κ3) is 6.68. The van der Waals surface area contributed by atoms with Gasteiger partial charge in [0.2, 0.25) is 5.91 Å². The molecule has 0 aliphatic carbocycles. The van der Waals surface area contributed by atoms with Crippen molar-refractivity contribution in [3.8, 4) is 0 Å². The molecule has 1 aromatic rings. The van der Waals surface area contributed by atoms with Gasteiger partial charge in [0.25, 0.3) is 0 Å². The van der Waals surface area contributed by atoms with E-state index in [-0.39, 0.29) is 12.5 Å². The second kappa shape index (κ2) is 8.02. The molecular formula is C16H25NO3. The van der Waals surface area contributed by atoms with Crippen LogP contribution in [0.2, 0.25) is 0 Å². The maximum absolute atomic E-state index is 11.8. The molecule has 0 bridgehead atoms. The first-order valence-corrected chi connectivity index (χ1v) is 6.96. The number of carbonyl (C=O) groups is 1. The number of aliphatic hydroxyl groups is 1. The molecule has 0 saturated carbocycles. The van der Waals surface area contributed by atoms with Crippen LogP contribution in [0, 0.1) is 6.92 Å². The molecule has 4 nitrogen and oxygen atoms in total. The summed E-state index contributed by atoms with van der Waals surface area (Å²) in [5.74, 6) is -0.0386. The zero-order valence-electron chi connectivity index (χ0n) is 12.6. The van der Waals surface area contributed by atoms with Gasteiger partial charge < -0.3 is 15.2 Å². The second-order valence-corrected chi connectivity index (χ2v) is 5.50. The van der Waals surface area contributed by atoms with Gasteiger partial charge in [-0.3, -0.25) is 4.79 Å². The van der Waals surface area contributed by atoms with Crippen molar-refractivity contribution in [2.45, 2.75) is 38.7 Å². The van der Waals surface area contributed by atoms with Crippen molar-refractivity contribution in [3.05, 3.63) is 35.4 Å². The maximum Gasteiger partial charge on any atom is 0.220 e. The maximum atomic E-state index is 11.8. The molecule has 0 radical (unpaired) electrons. The monoisotopic (exact) mass is 279 g/mol. The number of benzene rings is 1. The SMILES string of the molecule is COCCC(C)(O)CNC(=O)CCc1ccc(C)cc1. The van der Waals surface area contributed by atoms with Gasteiger partial charge in [-0.1, -0.05) is 29.8 Å². The average molecular weight is 279 g/mol. The largest absolute Gasteiger partial charge is 0.388 e. The Morgan fingerprint density at radius 2 is 2.00 bits per heavy atom. The fourth-order valence-corrected chi connectivity index (χ4v) is 1.80. The first-order valence-electron chi connectivity index (χ1n) is 6.96. The van der Waals surface area contributed by atoms with Crippen molar-refractivity contribution in [2.24, 2.45) is 0 Å². The highest BCUT2D eigenvalue weighted by atomic mass is 16.5. The molecule has 1 atom stereocenters. The first-order chi connectivity index (χ1) is 9.43.